The smallest absolute Gasteiger partial charge is 0.216 e. The zero-order valence-corrected chi connectivity index (χ0v) is 13.9. The van der Waals surface area contributed by atoms with Crippen molar-refractivity contribution in [3.8, 4) is 11.4 Å². The Morgan fingerprint density at radius 2 is 1.96 bits per heavy atom. The van der Waals surface area contributed by atoms with Gasteiger partial charge in [0.05, 0.1) is 11.8 Å². The number of halogens is 1. The molecule has 0 aliphatic rings. The summed E-state index contributed by atoms with van der Waals surface area (Å²) in [5.41, 5.74) is 1.26. The largest absolute Gasteiger partial charge is 0.250 e. The monoisotopic (exact) mass is 344 g/mol. The van der Waals surface area contributed by atoms with Crippen LogP contribution in [0.1, 0.15) is 5.56 Å². The van der Waals surface area contributed by atoms with Gasteiger partial charge in [0, 0.05) is 4.90 Å². The Bertz CT molecular complexity index is 897. The first-order valence-electron chi connectivity index (χ1n) is 6.80. The quantitative estimate of drug-likeness (QED) is 0.435. The lowest BCUT2D eigenvalue weighted by Gasteiger charge is -2.02. The lowest BCUT2D eigenvalue weighted by Crippen LogP contribution is -1.96. The number of aromatic nitrogens is 3. The van der Waals surface area contributed by atoms with E-state index in [1.54, 1.807) is 36.2 Å². The highest BCUT2D eigenvalue weighted by Crippen LogP contribution is 2.20. The number of rotatable bonds is 4. The predicted octanol–water partition coefficient (Wildman–Crippen LogP) is 4.35. The van der Waals surface area contributed by atoms with Crippen molar-refractivity contribution in [1.82, 2.24) is 14.9 Å². The maximum Gasteiger partial charge on any atom is 0.216 e. The van der Waals surface area contributed by atoms with Crippen molar-refractivity contribution in [1.29, 1.82) is 0 Å². The van der Waals surface area contributed by atoms with Gasteiger partial charge in [0.15, 0.2) is 5.82 Å². The number of hydrogen-bond acceptors (Lipinski definition) is 4. The minimum Gasteiger partial charge on any atom is -0.250 e. The van der Waals surface area contributed by atoms with Gasteiger partial charge < -0.3 is 0 Å². The molecule has 0 aliphatic carbocycles. The Hall–Kier alpha value is -2.25. The van der Waals surface area contributed by atoms with Crippen molar-refractivity contribution < 1.29 is 4.39 Å². The van der Waals surface area contributed by atoms with Gasteiger partial charge in [-0.05, 0) is 48.3 Å². The summed E-state index contributed by atoms with van der Waals surface area (Å²) >= 11 is 6.85. The first-order chi connectivity index (χ1) is 11.2. The third kappa shape index (κ3) is 3.40. The van der Waals surface area contributed by atoms with Crippen molar-refractivity contribution in [3.63, 3.8) is 0 Å². The van der Waals surface area contributed by atoms with Gasteiger partial charge in [0.2, 0.25) is 4.77 Å². The molecule has 0 fully saturated rings. The fourth-order valence-corrected chi connectivity index (χ4v) is 2.62. The Labute approximate surface area is 142 Å². The van der Waals surface area contributed by atoms with Crippen LogP contribution in [0.15, 0.2) is 58.5 Å². The van der Waals surface area contributed by atoms with Crippen LogP contribution in [-0.4, -0.2) is 27.3 Å². The molecule has 0 aliphatic heterocycles. The molecule has 0 atom stereocenters. The van der Waals surface area contributed by atoms with E-state index >= 15 is 0 Å². The van der Waals surface area contributed by atoms with E-state index in [4.69, 9.17) is 12.2 Å². The summed E-state index contributed by atoms with van der Waals surface area (Å²) in [6, 6.07) is 14.3. The minimum absolute atomic E-state index is 0.306. The van der Waals surface area contributed by atoms with Crippen LogP contribution in [0.2, 0.25) is 0 Å². The van der Waals surface area contributed by atoms with Crippen LogP contribution in [0.4, 0.5) is 4.39 Å². The van der Waals surface area contributed by atoms with Gasteiger partial charge in [-0.15, -0.1) is 11.8 Å². The van der Waals surface area contributed by atoms with Gasteiger partial charge in [-0.3, -0.25) is 0 Å². The van der Waals surface area contributed by atoms with Gasteiger partial charge in [0.1, 0.15) is 5.82 Å². The van der Waals surface area contributed by atoms with Gasteiger partial charge in [0.25, 0.3) is 0 Å². The second kappa shape index (κ2) is 6.89. The second-order valence-electron chi connectivity index (χ2n) is 4.66. The van der Waals surface area contributed by atoms with E-state index in [2.05, 4.69) is 15.3 Å². The number of thioether (sulfide) groups is 1. The first-order valence-corrected chi connectivity index (χ1v) is 8.43. The summed E-state index contributed by atoms with van der Waals surface area (Å²) < 4.78 is 15.7. The van der Waals surface area contributed by atoms with Gasteiger partial charge in [-0.1, -0.05) is 24.3 Å². The van der Waals surface area contributed by atoms with Crippen LogP contribution in [0.3, 0.4) is 0 Å². The number of benzene rings is 2. The molecule has 1 aromatic heterocycles. The van der Waals surface area contributed by atoms with Crippen LogP contribution in [0.25, 0.3) is 11.4 Å². The zero-order chi connectivity index (χ0) is 16.2. The molecule has 4 nitrogen and oxygen atoms in total. The van der Waals surface area contributed by atoms with E-state index in [-0.39, 0.29) is 5.82 Å². The van der Waals surface area contributed by atoms with Crippen LogP contribution < -0.4 is 0 Å². The SMILES string of the molecule is CSc1ccc(/C=N\n2c(-c3ccccc3F)n[nH]c2=S)cc1. The van der Waals surface area contributed by atoms with Crippen molar-refractivity contribution in [2.75, 3.05) is 6.26 Å². The summed E-state index contributed by atoms with van der Waals surface area (Å²) in [5, 5.41) is 11.1. The highest BCUT2D eigenvalue weighted by atomic mass is 32.2. The molecule has 0 radical (unpaired) electrons. The normalized spacial score (nSPS) is 11.2. The Balaban J connectivity index is 1.97. The molecule has 0 amide bonds. The maximum absolute atomic E-state index is 14.0. The standard InChI is InChI=1S/C16H13FN4S2/c1-23-12-8-6-11(7-9-12)10-18-21-15(19-20-16(21)22)13-4-2-3-5-14(13)17/h2-10H,1H3,(H,20,22)/b18-10-. The fourth-order valence-electron chi connectivity index (χ4n) is 2.03. The lowest BCUT2D eigenvalue weighted by atomic mass is 10.2. The fraction of sp³-hybridized carbons (Fsp3) is 0.0625. The van der Waals surface area contributed by atoms with E-state index in [9.17, 15) is 4.39 Å². The molecule has 0 spiro atoms. The Morgan fingerprint density at radius 1 is 1.22 bits per heavy atom. The molecule has 23 heavy (non-hydrogen) atoms. The number of nitrogens with zero attached hydrogens (tertiary/aromatic N) is 3. The summed E-state index contributed by atoms with van der Waals surface area (Å²) in [5.74, 6) is -0.0349. The molecule has 0 unspecified atom stereocenters. The van der Waals surface area contributed by atoms with E-state index < -0.39 is 0 Å². The molecule has 0 saturated heterocycles. The number of nitrogens with one attached hydrogen (secondary N) is 1. The molecule has 1 N–H and O–H groups in total. The van der Waals surface area contributed by atoms with Crippen molar-refractivity contribution in [3.05, 3.63) is 64.7 Å². The topological polar surface area (TPSA) is 46.0 Å². The number of hydrogen-bond donors (Lipinski definition) is 1. The van der Waals surface area contributed by atoms with Crippen LogP contribution >= 0.6 is 24.0 Å². The molecule has 3 aromatic rings. The highest BCUT2D eigenvalue weighted by molar-refractivity contribution is 7.98. The molecule has 7 heteroatoms. The molecule has 0 bridgehead atoms. The minimum atomic E-state index is -0.373. The molecular formula is C16H13FN4S2. The van der Waals surface area contributed by atoms with Crippen molar-refractivity contribution in [2.45, 2.75) is 4.90 Å². The molecular weight excluding hydrogens is 331 g/mol. The van der Waals surface area contributed by atoms with Crippen molar-refractivity contribution >= 4 is 30.2 Å². The third-order valence-corrected chi connectivity index (χ3v) is 4.21. The third-order valence-electron chi connectivity index (χ3n) is 3.20. The van der Waals surface area contributed by atoms with Crippen LogP contribution in [-0.2, 0) is 0 Å². The average molecular weight is 344 g/mol. The summed E-state index contributed by atoms with van der Waals surface area (Å²) in [6.07, 6.45) is 3.69. The predicted molar refractivity (Wildman–Crippen MR) is 94.0 cm³/mol. The molecule has 0 saturated carbocycles. The average Bonchev–Trinajstić information content (AvgIpc) is 2.94. The summed E-state index contributed by atoms with van der Waals surface area (Å²) in [6.45, 7) is 0. The van der Waals surface area contributed by atoms with E-state index in [1.807, 2.05) is 30.5 Å². The van der Waals surface area contributed by atoms with E-state index in [0.717, 1.165) is 5.56 Å². The number of aromatic amines is 1. The van der Waals surface area contributed by atoms with Crippen molar-refractivity contribution in [2.24, 2.45) is 5.10 Å². The number of H-pyrrole nitrogens is 1. The van der Waals surface area contributed by atoms with Crippen LogP contribution in [0, 0.1) is 10.6 Å². The van der Waals surface area contributed by atoms with Crippen LogP contribution in [0.5, 0.6) is 0 Å². The zero-order valence-electron chi connectivity index (χ0n) is 12.2. The van der Waals surface area contributed by atoms with E-state index in [1.165, 1.54) is 15.6 Å². The second-order valence-corrected chi connectivity index (χ2v) is 5.93. The van der Waals surface area contributed by atoms with Gasteiger partial charge >= 0.3 is 0 Å². The maximum atomic E-state index is 14.0. The summed E-state index contributed by atoms with van der Waals surface area (Å²) in [7, 11) is 0. The molecule has 1 heterocycles. The van der Waals surface area contributed by atoms with E-state index in [0.29, 0.717) is 16.2 Å². The lowest BCUT2D eigenvalue weighted by molar-refractivity contribution is 0.628. The Morgan fingerprint density at radius 3 is 2.65 bits per heavy atom. The molecule has 116 valence electrons. The molecule has 2 aromatic carbocycles. The Kier molecular flexibility index (Phi) is 4.68. The van der Waals surface area contributed by atoms with Gasteiger partial charge in [-0.2, -0.15) is 14.9 Å². The summed E-state index contributed by atoms with van der Waals surface area (Å²) in [4.78, 5) is 1.18. The first kappa shape index (κ1) is 15.6. The molecule has 3 rings (SSSR count). The highest BCUT2D eigenvalue weighted by Gasteiger charge is 2.12. The van der Waals surface area contributed by atoms with Gasteiger partial charge in [-0.25, -0.2) is 9.49 Å².